The normalized spacial score (nSPS) is 10.6. The summed E-state index contributed by atoms with van der Waals surface area (Å²) in [6.45, 7) is 8.52. The smallest absolute Gasteiger partial charge is 0.122 e. The van der Waals surface area contributed by atoms with Crippen LogP contribution in [0, 0.1) is 13.8 Å². The molecule has 0 aliphatic carbocycles. The van der Waals surface area contributed by atoms with E-state index in [2.05, 4.69) is 45.9 Å². The first-order valence-electron chi connectivity index (χ1n) is 5.41. The van der Waals surface area contributed by atoms with Gasteiger partial charge in [-0.1, -0.05) is 26.0 Å². The zero-order valence-electron chi connectivity index (χ0n) is 9.63. The van der Waals surface area contributed by atoms with E-state index >= 15 is 0 Å². The molecule has 1 rings (SSSR count). The summed E-state index contributed by atoms with van der Waals surface area (Å²) in [5.74, 6) is 1.04. The van der Waals surface area contributed by atoms with Crippen molar-refractivity contribution in [3.8, 4) is 5.75 Å². The summed E-state index contributed by atoms with van der Waals surface area (Å²) in [5, 5.41) is 0. The van der Waals surface area contributed by atoms with Crippen LogP contribution in [0.3, 0.4) is 0 Å². The SMILES string of the molecule is CCC(CC)Oc1cc(C)ccc1C. The summed E-state index contributed by atoms with van der Waals surface area (Å²) in [7, 11) is 0. The lowest BCUT2D eigenvalue weighted by Crippen LogP contribution is -2.14. The van der Waals surface area contributed by atoms with Gasteiger partial charge in [-0.05, 0) is 43.9 Å². The van der Waals surface area contributed by atoms with E-state index in [1.165, 1.54) is 11.1 Å². The standard InChI is InChI=1S/C13H20O/c1-5-12(6-2)14-13-9-10(3)7-8-11(13)4/h7-9,12H,5-6H2,1-4H3. The van der Waals surface area contributed by atoms with Crippen LogP contribution in [0.15, 0.2) is 18.2 Å². The van der Waals surface area contributed by atoms with Gasteiger partial charge in [0.2, 0.25) is 0 Å². The molecule has 0 aliphatic rings. The van der Waals surface area contributed by atoms with Crippen molar-refractivity contribution >= 4 is 0 Å². The third-order valence-corrected chi connectivity index (χ3v) is 2.55. The highest BCUT2D eigenvalue weighted by atomic mass is 16.5. The molecule has 0 amide bonds. The van der Waals surface area contributed by atoms with Crippen LogP contribution in [0.5, 0.6) is 5.75 Å². The van der Waals surface area contributed by atoms with E-state index in [0.29, 0.717) is 6.10 Å². The van der Waals surface area contributed by atoms with Gasteiger partial charge in [0.25, 0.3) is 0 Å². The second-order valence-electron chi connectivity index (χ2n) is 3.83. The van der Waals surface area contributed by atoms with Gasteiger partial charge in [-0.15, -0.1) is 0 Å². The average Bonchev–Trinajstić information content (AvgIpc) is 2.19. The molecule has 1 aromatic carbocycles. The lowest BCUT2D eigenvalue weighted by molar-refractivity contribution is 0.191. The van der Waals surface area contributed by atoms with Crippen molar-refractivity contribution < 1.29 is 4.74 Å². The van der Waals surface area contributed by atoms with Gasteiger partial charge in [0.15, 0.2) is 0 Å². The zero-order valence-corrected chi connectivity index (χ0v) is 9.63. The Morgan fingerprint density at radius 2 is 1.79 bits per heavy atom. The lowest BCUT2D eigenvalue weighted by Gasteiger charge is -2.17. The van der Waals surface area contributed by atoms with E-state index in [0.717, 1.165) is 18.6 Å². The Balaban J connectivity index is 2.79. The third kappa shape index (κ3) is 2.76. The maximum Gasteiger partial charge on any atom is 0.122 e. The van der Waals surface area contributed by atoms with Crippen LogP contribution >= 0.6 is 0 Å². The molecule has 0 fully saturated rings. The number of ether oxygens (including phenoxy) is 1. The highest BCUT2D eigenvalue weighted by Gasteiger charge is 2.07. The molecule has 1 aromatic rings. The molecule has 0 N–H and O–H groups in total. The quantitative estimate of drug-likeness (QED) is 0.703. The molecule has 0 aromatic heterocycles. The molecule has 0 radical (unpaired) electrons. The summed E-state index contributed by atoms with van der Waals surface area (Å²) < 4.78 is 5.92. The number of rotatable bonds is 4. The van der Waals surface area contributed by atoms with Gasteiger partial charge in [-0.25, -0.2) is 0 Å². The molecule has 14 heavy (non-hydrogen) atoms. The van der Waals surface area contributed by atoms with Crippen LogP contribution in [0.4, 0.5) is 0 Å². The van der Waals surface area contributed by atoms with Crippen LogP contribution in [0.1, 0.15) is 37.8 Å². The third-order valence-electron chi connectivity index (χ3n) is 2.55. The molecule has 0 heterocycles. The number of hydrogen-bond acceptors (Lipinski definition) is 1. The van der Waals surface area contributed by atoms with Crippen LogP contribution in [0.25, 0.3) is 0 Å². The maximum absolute atomic E-state index is 5.92. The molecule has 78 valence electrons. The van der Waals surface area contributed by atoms with Gasteiger partial charge in [0.05, 0.1) is 6.10 Å². The molecular formula is C13H20O. The maximum atomic E-state index is 5.92. The molecule has 0 unspecified atom stereocenters. The topological polar surface area (TPSA) is 9.23 Å². The van der Waals surface area contributed by atoms with Gasteiger partial charge < -0.3 is 4.74 Å². The first-order chi connectivity index (χ1) is 6.67. The monoisotopic (exact) mass is 192 g/mol. The Morgan fingerprint density at radius 3 is 2.36 bits per heavy atom. The van der Waals surface area contributed by atoms with E-state index < -0.39 is 0 Å². The van der Waals surface area contributed by atoms with Crippen LogP contribution < -0.4 is 4.74 Å². The molecule has 0 atom stereocenters. The van der Waals surface area contributed by atoms with E-state index in [-0.39, 0.29) is 0 Å². The molecule has 0 saturated carbocycles. The molecule has 1 nitrogen and oxygen atoms in total. The summed E-state index contributed by atoms with van der Waals surface area (Å²) in [4.78, 5) is 0. The minimum absolute atomic E-state index is 0.357. The van der Waals surface area contributed by atoms with Crippen LogP contribution in [0.2, 0.25) is 0 Å². The van der Waals surface area contributed by atoms with E-state index in [9.17, 15) is 0 Å². The van der Waals surface area contributed by atoms with Crippen LogP contribution in [-0.4, -0.2) is 6.10 Å². The Hall–Kier alpha value is -0.980. The average molecular weight is 192 g/mol. The Labute approximate surface area is 87.1 Å². The summed E-state index contributed by atoms with van der Waals surface area (Å²) >= 11 is 0. The van der Waals surface area contributed by atoms with Gasteiger partial charge in [-0.3, -0.25) is 0 Å². The van der Waals surface area contributed by atoms with E-state index in [4.69, 9.17) is 4.74 Å². The van der Waals surface area contributed by atoms with Crippen molar-refractivity contribution in [1.29, 1.82) is 0 Å². The molecule has 0 spiro atoms. The Bertz CT molecular complexity index is 287. The van der Waals surface area contributed by atoms with E-state index in [1.807, 2.05) is 0 Å². The zero-order chi connectivity index (χ0) is 10.6. The van der Waals surface area contributed by atoms with Crippen LogP contribution in [-0.2, 0) is 0 Å². The van der Waals surface area contributed by atoms with Crippen molar-refractivity contribution in [2.24, 2.45) is 0 Å². The Kier molecular flexibility index (Phi) is 3.99. The fraction of sp³-hybridized carbons (Fsp3) is 0.538. The molecule has 1 heteroatoms. The lowest BCUT2D eigenvalue weighted by atomic mass is 10.1. The van der Waals surface area contributed by atoms with Crippen molar-refractivity contribution in [1.82, 2.24) is 0 Å². The fourth-order valence-electron chi connectivity index (χ4n) is 1.47. The minimum atomic E-state index is 0.357. The van der Waals surface area contributed by atoms with Gasteiger partial charge in [0.1, 0.15) is 5.75 Å². The van der Waals surface area contributed by atoms with Crippen molar-refractivity contribution in [2.75, 3.05) is 0 Å². The molecular weight excluding hydrogens is 172 g/mol. The predicted octanol–water partition coefficient (Wildman–Crippen LogP) is 3.87. The highest BCUT2D eigenvalue weighted by molar-refractivity contribution is 5.36. The molecule has 0 aliphatic heterocycles. The van der Waals surface area contributed by atoms with E-state index in [1.54, 1.807) is 0 Å². The van der Waals surface area contributed by atoms with Crippen molar-refractivity contribution in [2.45, 2.75) is 46.6 Å². The summed E-state index contributed by atoms with van der Waals surface area (Å²) in [6.07, 6.45) is 2.50. The molecule has 0 saturated heterocycles. The number of aryl methyl sites for hydroxylation is 2. The van der Waals surface area contributed by atoms with Gasteiger partial charge in [0, 0.05) is 0 Å². The fourth-order valence-corrected chi connectivity index (χ4v) is 1.47. The summed E-state index contributed by atoms with van der Waals surface area (Å²) in [6, 6.07) is 6.36. The van der Waals surface area contributed by atoms with Crippen molar-refractivity contribution in [3.05, 3.63) is 29.3 Å². The predicted molar refractivity (Wildman–Crippen MR) is 60.9 cm³/mol. The second kappa shape index (κ2) is 5.04. The van der Waals surface area contributed by atoms with Gasteiger partial charge >= 0.3 is 0 Å². The Morgan fingerprint density at radius 1 is 1.14 bits per heavy atom. The van der Waals surface area contributed by atoms with Gasteiger partial charge in [-0.2, -0.15) is 0 Å². The highest BCUT2D eigenvalue weighted by Crippen LogP contribution is 2.21. The summed E-state index contributed by atoms with van der Waals surface area (Å²) in [5.41, 5.74) is 2.49. The number of benzene rings is 1. The first-order valence-corrected chi connectivity index (χ1v) is 5.41. The number of hydrogen-bond donors (Lipinski definition) is 0. The minimum Gasteiger partial charge on any atom is -0.490 e. The van der Waals surface area contributed by atoms with Crippen molar-refractivity contribution in [3.63, 3.8) is 0 Å². The molecule has 0 bridgehead atoms. The first kappa shape index (κ1) is 11.1. The second-order valence-corrected chi connectivity index (χ2v) is 3.83. The largest absolute Gasteiger partial charge is 0.490 e.